The van der Waals surface area contributed by atoms with Crippen molar-refractivity contribution in [3.8, 4) is 5.75 Å². The maximum atomic E-state index is 13.4. The zero-order chi connectivity index (χ0) is 26.6. The van der Waals surface area contributed by atoms with E-state index < -0.39 is 17.7 Å². The van der Waals surface area contributed by atoms with E-state index in [0.717, 1.165) is 29.5 Å². The molecule has 2 heterocycles. The van der Waals surface area contributed by atoms with Crippen LogP contribution in [0.25, 0.3) is 5.76 Å². The van der Waals surface area contributed by atoms with E-state index in [9.17, 15) is 14.7 Å². The summed E-state index contributed by atoms with van der Waals surface area (Å²) in [5.41, 5.74) is 3.22. The summed E-state index contributed by atoms with van der Waals surface area (Å²) in [7, 11) is 0. The third-order valence-corrected chi connectivity index (χ3v) is 6.61. The van der Waals surface area contributed by atoms with Crippen LogP contribution in [0.4, 0.5) is 0 Å². The second-order valence-electron chi connectivity index (χ2n) is 10.4. The van der Waals surface area contributed by atoms with Crippen LogP contribution in [0.2, 0.25) is 0 Å². The average molecular weight is 499 g/mol. The molecule has 6 heteroatoms. The fraction of sp³-hybridized carbons (Fsp3) is 0.323. The van der Waals surface area contributed by atoms with Crippen LogP contribution in [0.3, 0.4) is 0 Å². The van der Waals surface area contributed by atoms with Gasteiger partial charge in [-0.25, -0.2) is 0 Å². The molecule has 0 aliphatic carbocycles. The first-order chi connectivity index (χ1) is 17.7. The van der Waals surface area contributed by atoms with Crippen LogP contribution in [-0.4, -0.2) is 33.3 Å². The smallest absolute Gasteiger partial charge is 0.295 e. The largest absolute Gasteiger partial charge is 0.507 e. The van der Waals surface area contributed by atoms with Gasteiger partial charge in [0.15, 0.2) is 0 Å². The number of nitrogens with zero attached hydrogens (tertiary/aromatic N) is 2. The maximum absolute atomic E-state index is 13.4. The molecule has 37 heavy (non-hydrogen) atoms. The quantitative estimate of drug-likeness (QED) is 0.174. The number of ether oxygens (including phenoxy) is 1. The number of aliphatic hydroxyl groups excluding tert-OH is 1. The van der Waals surface area contributed by atoms with E-state index in [1.807, 2.05) is 42.5 Å². The lowest BCUT2D eigenvalue weighted by Gasteiger charge is -2.26. The molecule has 192 valence electrons. The number of Topliss-reactive ketones (excluding diaryl/α,β-unsaturated/α-hetero) is 1. The standard InChI is InChI=1S/C31H34N2O4/c1-5-6-18-37-25-9-7-8-23(19-25)28(34)26-27(22-10-12-24(13-11-22)31(2,3)4)33(30(36)29(26)35)20-21-14-16-32-17-15-21/h7-17,19,27,34H,5-6,18,20H2,1-4H3. The van der Waals surface area contributed by atoms with E-state index in [1.165, 1.54) is 4.90 Å². The zero-order valence-corrected chi connectivity index (χ0v) is 21.9. The maximum Gasteiger partial charge on any atom is 0.295 e. The molecule has 1 amide bonds. The Labute approximate surface area is 218 Å². The summed E-state index contributed by atoms with van der Waals surface area (Å²) in [4.78, 5) is 32.2. The van der Waals surface area contributed by atoms with Crippen LogP contribution >= 0.6 is 0 Å². The van der Waals surface area contributed by atoms with Crippen molar-refractivity contribution in [2.75, 3.05) is 6.61 Å². The van der Waals surface area contributed by atoms with E-state index in [-0.39, 0.29) is 23.3 Å². The first-order valence-corrected chi connectivity index (χ1v) is 12.7. The van der Waals surface area contributed by atoms with E-state index >= 15 is 0 Å². The molecular formula is C31H34N2O4. The number of carbonyl (C=O) groups is 2. The lowest BCUT2D eigenvalue weighted by Crippen LogP contribution is -2.29. The molecule has 1 fully saturated rings. The summed E-state index contributed by atoms with van der Waals surface area (Å²) < 4.78 is 5.80. The van der Waals surface area contributed by atoms with Gasteiger partial charge in [-0.15, -0.1) is 0 Å². The number of unbranched alkanes of at least 4 members (excludes halogenated alkanes) is 1. The molecule has 1 aliphatic rings. The van der Waals surface area contributed by atoms with Gasteiger partial charge in [0.05, 0.1) is 18.2 Å². The van der Waals surface area contributed by atoms with Crippen molar-refractivity contribution in [1.82, 2.24) is 9.88 Å². The number of benzene rings is 2. The number of ketones is 1. The number of carbonyl (C=O) groups excluding carboxylic acids is 2. The molecule has 6 nitrogen and oxygen atoms in total. The van der Waals surface area contributed by atoms with Gasteiger partial charge in [0.2, 0.25) is 0 Å². The van der Waals surface area contributed by atoms with Crippen molar-refractivity contribution >= 4 is 17.4 Å². The van der Waals surface area contributed by atoms with E-state index in [2.05, 4.69) is 32.7 Å². The fourth-order valence-corrected chi connectivity index (χ4v) is 4.46. The Balaban J connectivity index is 1.80. The predicted molar refractivity (Wildman–Crippen MR) is 144 cm³/mol. The third kappa shape index (κ3) is 5.74. The van der Waals surface area contributed by atoms with Crippen LogP contribution in [-0.2, 0) is 21.5 Å². The lowest BCUT2D eigenvalue weighted by molar-refractivity contribution is -0.140. The molecular weight excluding hydrogens is 464 g/mol. The number of hydrogen-bond donors (Lipinski definition) is 1. The summed E-state index contributed by atoms with van der Waals surface area (Å²) in [6.45, 7) is 9.27. The summed E-state index contributed by atoms with van der Waals surface area (Å²) in [6, 6.07) is 17.8. The lowest BCUT2D eigenvalue weighted by atomic mass is 9.85. The van der Waals surface area contributed by atoms with E-state index in [1.54, 1.807) is 30.6 Å². The number of likely N-dealkylation sites (tertiary alicyclic amines) is 1. The van der Waals surface area contributed by atoms with Gasteiger partial charge < -0.3 is 14.7 Å². The normalized spacial score (nSPS) is 17.3. The highest BCUT2D eigenvalue weighted by Crippen LogP contribution is 2.41. The van der Waals surface area contributed by atoms with Gasteiger partial charge in [-0.1, -0.05) is 70.5 Å². The van der Waals surface area contributed by atoms with Gasteiger partial charge in [0, 0.05) is 24.5 Å². The van der Waals surface area contributed by atoms with Gasteiger partial charge in [-0.2, -0.15) is 0 Å². The summed E-state index contributed by atoms with van der Waals surface area (Å²) in [5, 5.41) is 11.4. The topological polar surface area (TPSA) is 79.7 Å². The summed E-state index contributed by atoms with van der Waals surface area (Å²) in [6.07, 6.45) is 5.24. The van der Waals surface area contributed by atoms with Gasteiger partial charge in [-0.05, 0) is 52.8 Å². The van der Waals surface area contributed by atoms with Crippen molar-refractivity contribution in [3.05, 3.63) is 101 Å². The van der Waals surface area contributed by atoms with Crippen LogP contribution in [0.5, 0.6) is 5.75 Å². The molecule has 2 aromatic carbocycles. The molecule has 0 saturated carbocycles. The SMILES string of the molecule is CCCCOc1cccc(C(O)=C2C(=O)C(=O)N(Cc3ccncc3)C2c2ccc(C(C)(C)C)cc2)c1. The summed E-state index contributed by atoms with van der Waals surface area (Å²) >= 11 is 0. The molecule has 1 atom stereocenters. The Kier molecular flexibility index (Phi) is 7.77. The van der Waals surface area contributed by atoms with Crippen molar-refractivity contribution in [1.29, 1.82) is 0 Å². The zero-order valence-electron chi connectivity index (χ0n) is 21.9. The molecule has 0 bridgehead atoms. The van der Waals surface area contributed by atoms with Crippen molar-refractivity contribution < 1.29 is 19.4 Å². The van der Waals surface area contributed by atoms with Gasteiger partial charge in [0.25, 0.3) is 11.7 Å². The first kappa shape index (κ1) is 26.1. The van der Waals surface area contributed by atoms with Crippen molar-refractivity contribution in [2.24, 2.45) is 0 Å². The number of pyridine rings is 1. The second kappa shape index (κ2) is 11.0. The highest BCUT2D eigenvalue weighted by Gasteiger charge is 2.46. The first-order valence-electron chi connectivity index (χ1n) is 12.7. The van der Waals surface area contributed by atoms with Crippen LogP contribution in [0.15, 0.2) is 78.6 Å². The Morgan fingerprint density at radius 3 is 2.38 bits per heavy atom. The molecule has 1 aliphatic heterocycles. The van der Waals surface area contributed by atoms with Gasteiger partial charge in [-0.3, -0.25) is 14.6 Å². The predicted octanol–water partition coefficient (Wildman–Crippen LogP) is 6.18. The Bertz CT molecular complexity index is 1290. The minimum Gasteiger partial charge on any atom is -0.507 e. The fourth-order valence-electron chi connectivity index (χ4n) is 4.46. The highest BCUT2D eigenvalue weighted by molar-refractivity contribution is 6.46. The second-order valence-corrected chi connectivity index (χ2v) is 10.4. The molecule has 0 radical (unpaired) electrons. The number of hydrogen-bond acceptors (Lipinski definition) is 5. The molecule has 3 aromatic rings. The Morgan fingerprint density at radius 1 is 1.03 bits per heavy atom. The third-order valence-electron chi connectivity index (χ3n) is 6.61. The molecule has 1 saturated heterocycles. The molecule has 1 unspecified atom stereocenters. The Morgan fingerprint density at radius 2 is 1.73 bits per heavy atom. The minimum absolute atomic E-state index is 0.0460. The van der Waals surface area contributed by atoms with Crippen molar-refractivity contribution in [2.45, 2.75) is 58.5 Å². The average Bonchev–Trinajstić information content (AvgIpc) is 3.14. The van der Waals surface area contributed by atoms with Crippen LogP contribution in [0, 0.1) is 0 Å². The van der Waals surface area contributed by atoms with Gasteiger partial charge in [0.1, 0.15) is 11.5 Å². The molecule has 1 N–H and O–H groups in total. The number of amides is 1. The monoisotopic (exact) mass is 498 g/mol. The minimum atomic E-state index is -0.730. The van der Waals surface area contributed by atoms with Crippen LogP contribution in [0.1, 0.15) is 68.8 Å². The number of aliphatic hydroxyl groups is 1. The molecule has 1 aromatic heterocycles. The Hall–Kier alpha value is -3.93. The number of aromatic nitrogens is 1. The van der Waals surface area contributed by atoms with Crippen molar-refractivity contribution in [3.63, 3.8) is 0 Å². The highest BCUT2D eigenvalue weighted by atomic mass is 16.5. The van der Waals surface area contributed by atoms with Crippen LogP contribution < -0.4 is 4.74 Å². The van der Waals surface area contributed by atoms with E-state index in [0.29, 0.717) is 17.9 Å². The number of rotatable bonds is 8. The summed E-state index contributed by atoms with van der Waals surface area (Å²) in [5.74, 6) is -0.941. The van der Waals surface area contributed by atoms with E-state index in [4.69, 9.17) is 4.74 Å². The molecule has 0 spiro atoms. The van der Waals surface area contributed by atoms with Gasteiger partial charge >= 0.3 is 0 Å². The molecule has 4 rings (SSSR count).